The Hall–Kier alpha value is -1.43. The topological polar surface area (TPSA) is 72.2 Å². The molecule has 0 radical (unpaired) electrons. The molecule has 6 heteroatoms. The van der Waals surface area contributed by atoms with Gasteiger partial charge >= 0.3 is 0 Å². The number of amides is 1. The number of carbonyl (C=O) groups excluding carboxylic acids is 1. The molecule has 1 aromatic carbocycles. The van der Waals surface area contributed by atoms with Crippen LogP contribution in [-0.4, -0.2) is 21.7 Å². The van der Waals surface area contributed by atoms with E-state index in [2.05, 4.69) is 21.2 Å². The number of hydrogen-bond donors (Lipinski definition) is 1. The molecule has 1 atom stereocenters. The maximum Gasteiger partial charge on any atom is 0.282 e. The van der Waals surface area contributed by atoms with Gasteiger partial charge < -0.3 is 5.32 Å². The number of nitro benzene ring substituents is 1. The summed E-state index contributed by atoms with van der Waals surface area (Å²) in [5.74, 6) is -0.409. The normalized spacial score (nSPS) is 13.7. The fourth-order valence-corrected chi connectivity index (χ4v) is 2.19. The summed E-state index contributed by atoms with van der Waals surface area (Å²) >= 11 is 3.35. The maximum absolute atomic E-state index is 12.3. The number of benzene rings is 1. The number of nitrogens with one attached hydrogen (secondary N) is 1. The van der Waals surface area contributed by atoms with Crippen molar-refractivity contribution < 1.29 is 9.72 Å². The van der Waals surface area contributed by atoms with Crippen LogP contribution in [0.1, 0.15) is 36.2 Å². The number of halogens is 1. The van der Waals surface area contributed by atoms with Gasteiger partial charge in [0.15, 0.2) is 0 Å². The Morgan fingerprint density at radius 3 is 2.63 bits per heavy atom. The third-order valence-corrected chi connectivity index (χ3v) is 4.40. The lowest BCUT2D eigenvalue weighted by Gasteiger charge is -2.27. The van der Waals surface area contributed by atoms with Crippen LogP contribution in [0.5, 0.6) is 0 Å². The van der Waals surface area contributed by atoms with Crippen molar-refractivity contribution in [2.45, 2.75) is 32.7 Å². The smallest absolute Gasteiger partial charge is 0.282 e. The van der Waals surface area contributed by atoms with Crippen LogP contribution in [0.15, 0.2) is 18.2 Å². The number of carbonyl (C=O) groups is 1. The Kier molecular flexibility index (Phi) is 5.05. The summed E-state index contributed by atoms with van der Waals surface area (Å²) in [4.78, 5) is 22.8. The summed E-state index contributed by atoms with van der Waals surface area (Å²) < 4.78 is 0. The average molecular weight is 329 g/mol. The van der Waals surface area contributed by atoms with Crippen molar-refractivity contribution in [3.8, 4) is 0 Å². The minimum atomic E-state index is -0.528. The first-order valence-corrected chi connectivity index (χ1v) is 7.09. The van der Waals surface area contributed by atoms with E-state index in [1.165, 1.54) is 6.07 Å². The summed E-state index contributed by atoms with van der Waals surface area (Å²) in [6.45, 7) is 5.54. The number of hydrogen-bond acceptors (Lipinski definition) is 3. The predicted molar refractivity (Wildman–Crippen MR) is 77.8 cm³/mol. The van der Waals surface area contributed by atoms with Crippen molar-refractivity contribution in [2.24, 2.45) is 0 Å². The third kappa shape index (κ3) is 3.53. The van der Waals surface area contributed by atoms with E-state index in [1.54, 1.807) is 19.1 Å². The summed E-state index contributed by atoms with van der Waals surface area (Å²) in [6.07, 6.45) is 0.726. The number of rotatable bonds is 5. The van der Waals surface area contributed by atoms with Gasteiger partial charge in [-0.2, -0.15) is 0 Å². The molecule has 0 spiro atoms. The standard InChI is InChI=1S/C13H17BrN2O3/c1-4-13(3,8-14)15-12(17)11-9(2)6-5-7-10(11)16(18)19/h5-7H,4,8H2,1-3H3,(H,15,17). The summed E-state index contributed by atoms with van der Waals surface area (Å²) in [7, 11) is 0. The molecule has 0 bridgehead atoms. The van der Waals surface area contributed by atoms with Crippen LogP contribution < -0.4 is 5.32 Å². The molecule has 0 aromatic heterocycles. The Morgan fingerprint density at radius 1 is 1.53 bits per heavy atom. The second-order valence-electron chi connectivity index (χ2n) is 4.73. The van der Waals surface area contributed by atoms with Crippen molar-refractivity contribution in [3.63, 3.8) is 0 Å². The molecule has 0 fully saturated rings. The molecule has 1 aromatic rings. The molecular weight excluding hydrogens is 312 g/mol. The summed E-state index contributed by atoms with van der Waals surface area (Å²) in [6, 6.07) is 4.62. The molecule has 0 aliphatic carbocycles. The molecule has 1 N–H and O–H groups in total. The molecule has 5 nitrogen and oxygen atoms in total. The molecule has 104 valence electrons. The minimum absolute atomic E-state index is 0.133. The highest BCUT2D eigenvalue weighted by molar-refractivity contribution is 9.09. The van der Waals surface area contributed by atoms with Crippen LogP contribution in [0.2, 0.25) is 0 Å². The molecule has 19 heavy (non-hydrogen) atoms. The van der Waals surface area contributed by atoms with Crippen molar-refractivity contribution in [1.82, 2.24) is 5.32 Å². The SMILES string of the molecule is CCC(C)(CBr)NC(=O)c1c(C)cccc1[N+](=O)[O-]. The minimum Gasteiger partial charge on any atom is -0.346 e. The van der Waals surface area contributed by atoms with E-state index in [0.717, 1.165) is 6.42 Å². The quantitative estimate of drug-likeness (QED) is 0.512. The average Bonchev–Trinajstić information content (AvgIpc) is 2.37. The van der Waals surface area contributed by atoms with Gasteiger partial charge in [-0.3, -0.25) is 14.9 Å². The monoisotopic (exact) mass is 328 g/mol. The van der Waals surface area contributed by atoms with Crippen LogP contribution in [0.4, 0.5) is 5.69 Å². The van der Waals surface area contributed by atoms with Gasteiger partial charge in [-0.05, 0) is 25.8 Å². The van der Waals surface area contributed by atoms with E-state index < -0.39 is 16.4 Å². The zero-order chi connectivity index (χ0) is 14.6. The molecule has 0 saturated heterocycles. The highest BCUT2D eigenvalue weighted by atomic mass is 79.9. The molecule has 0 aliphatic rings. The van der Waals surface area contributed by atoms with Gasteiger partial charge in [0.25, 0.3) is 11.6 Å². The zero-order valence-electron chi connectivity index (χ0n) is 11.2. The first-order chi connectivity index (χ1) is 8.84. The van der Waals surface area contributed by atoms with Crippen molar-refractivity contribution in [2.75, 3.05) is 5.33 Å². The fourth-order valence-electron chi connectivity index (χ4n) is 1.65. The highest BCUT2D eigenvalue weighted by Crippen LogP contribution is 2.23. The van der Waals surface area contributed by atoms with Crippen LogP contribution in [0.25, 0.3) is 0 Å². The van der Waals surface area contributed by atoms with E-state index in [4.69, 9.17) is 0 Å². The largest absolute Gasteiger partial charge is 0.346 e. The van der Waals surface area contributed by atoms with E-state index in [0.29, 0.717) is 10.9 Å². The van der Waals surface area contributed by atoms with Crippen molar-refractivity contribution in [3.05, 3.63) is 39.4 Å². The predicted octanol–water partition coefficient (Wildman–Crippen LogP) is 3.20. The Morgan fingerprint density at radius 2 is 2.16 bits per heavy atom. The lowest BCUT2D eigenvalue weighted by atomic mass is 9.99. The van der Waals surface area contributed by atoms with Gasteiger partial charge in [-0.25, -0.2) is 0 Å². The number of nitro groups is 1. The maximum atomic E-state index is 12.3. The molecule has 0 heterocycles. The van der Waals surface area contributed by atoms with E-state index >= 15 is 0 Å². The summed E-state index contributed by atoms with van der Waals surface area (Å²) in [5.41, 5.74) is 0.145. The van der Waals surface area contributed by atoms with Gasteiger partial charge in [0.1, 0.15) is 5.56 Å². The lowest BCUT2D eigenvalue weighted by molar-refractivity contribution is -0.385. The Labute approximate surface area is 120 Å². The zero-order valence-corrected chi connectivity index (χ0v) is 12.8. The molecule has 0 saturated carbocycles. The van der Waals surface area contributed by atoms with Crippen LogP contribution in [0, 0.1) is 17.0 Å². The molecule has 1 unspecified atom stereocenters. The van der Waals surface area contributed by atoms with Crippen LogP contribution >= 0.6 is 15.9 Å². The lowest BCUT2D eigenvalue weighted by Crippen LogP contribution is -2.47. The number of aryl methyl sites for hydroxylation is 1. The molecule has 1 amide bonds. The fraction of sp³-hybridized carbons (Fsp3) is 0.462. The second-order valence-corrected chi connectivity index (χ2v) is 5.29. The second kappa shape index (κ2) is 6.14. The van der Waals surface area contributed by atoms with Crippen LogP contribution in [-0.2, 0) is 0 Å². The van der Waals surface area contributed by atoms with Gasteiger partial charge in [0.05, 0.1) is 4.92 Å². The third-order valence-electron chi connectivity index (χ3n) is 3.17. The Bertz CT molecular complexity index is 499. The first-order valence-electron chi connectivity index (χ1n) is 5.97. The van der Waals surface area contributed by atoms with E-state index in [9.17, 15) is 14.9 Å². The van der Waals surface area contributed by atoms with Crippen molar-refractivity contribution >= 4 is 27.5 Å². The highest BCUT2D eigenvalue weighted by Gasteiger charge is 2.28. The molecule has 1 rings (SSSR count). The summed E-state index contributed by atoms with van der Waals surface area (Å²) in [5, 5.41) is 14.4. The number of nitrogens with zero attached hydrogens (tertiary/aromatic N) is 1. The van der Waals surface area contributed by atoms with Gasteiger partial charge in [-0.1, -0.05) is 35.0 Å². The molecule has 0 aliphatic heterocycles. The van der Waals surface area contributed by atoms with E-state index in [-0.39, 0.29) is 11.3 Å². The first kappa shape index (κ1) is 15.6. The van der Waals surface area contributed by atoms with Gasteiger partial charge in [0.2, 0.25) is 0 Å². The van der Waals surface area contributed by atoms with E-state index in [1.807, 2.05) is 13.8 Å². The van der Waals surface area contributed by atoms with Crippen molar-refractivity contribution in [1.29, 1.82) is 0 Å². The Balaban J connectivity index is 3.16. The molecular formula is C13H17BrN2O3. The number of alkyl halides is 1. The van der Waals surface area contributed by atoms with Crippen LogP contribution in [0.3, 0.4) is 0 Å². The van der Waals surface area contributed by atoms with Gasteiger partial charge in [0, 0.05) is 16.9 Å². The van der Waals surface area contributed by atoms with Gasteiger partial charge in [-0.15, -0.1) is 0 Å².